The summed E-state index contributed by atoms with van der Waals surface area (Å²) in [6.07, 6.45) is 1.27. The molecule has 0 radical (unpaired) electrons. The number of para-hydroxylation sites is 1. The molecule has 2 N–H and O–H groups in total. The number of amides is 1. The van der Waals surface area contributed by atoms with Crippen LogP contribution in [0, 0.1) is 0 Å². The van der Waals surface area contributed by atoms with Crippen molar-refractivity contribution in [2.75, 3.05) is 5.32 Å². The monoisotopic (exact) mass is 222 g/mol. The Hall–Kier alpha value is -1.88. The van der Waals surface area contributed by atoms with E-state index >= 15 is 0 Å². The number of hydrogen-bond acceptors (Lipinski definition) is 3. The van der Waals surface area contributed by atoms with E-state index in [2.05, 4.69) is 20.5 Å². The summed E-state index contributed by atoms with van der Waals surface area (Å²) in [5.41, 5.74) is 0.542. The zero-order valence-corrected chi connectivity index (χ0v) is 8.32. The van der Waals surface area contributed by atoms with Gasteiger partial charge in [0, 0.05) is 0 Å². The topological polar surface area (TPSA) is 70.7 Å². The fraction of sp³-hybridized carbons (Fsp3) is 0. The van der Waals surface area contributed by atoms with Gasteiger partial charge in [0.1, 0.15) is 6.33 Å². The van der Waals surface area contributed by atoms with E-state index in [0.29, 0.717) is 10.7 Å². The average molecular weight is 223 g/mol. The largest absolute Gasteiger partial charge is 0.318 e. The van der Waals surface area contributed by atoms with Crippen molar-refractivity contribution >= 4 is 23.2 Å². The number of halogens is 1. The van der Waals surface area contributed by atoms with Gasteiger partial charge in [0.25, 0.3) is 5.91 Å². The van der Waals surface area contributed by atoms with Crippen LogP contribution in [0.15, 0.2) is 30.6 Å². The lowest BCUT2D eigenvalue weighted by atomic mass is 10.3. The summed E-state index contributed by atoms with van der Waals surface area (Å²) in [7, 11) is 0. The number of hydrogen-bond donors (Lipinski definition) is 2. The number of aromatic amines is 1. The van der Waals surface area contributed by atoms with Crippen LogP contribution >= 0.6 is 11.6 Å². The minimum Gasteiger partial charge on any atom is -0.318 e. The first-order chi connectivity index (χ1) is 7.27. The Morgan fingerprint density at radius 3 is 2.87 bits per heavy atom. The molecule has 0 aliphatic carbocycles. The molecule has 1 aromatic carbocycles. The van der Waals surface area contributed by atoms with E-state index in [4.69, 9.17) is 11.6 Å². The van der Waals surface area contributed by atoms with Crippen LogP contribution in [-0.4, -0.2) is 21.1 Å². The number of aromatic nitrogens is 3. The standard InChI is InChI=1S/C9H7ClN4O/c10-6-3-1-2-4-7(6)13-9(15)8-11-5-12-14-8/h1-5H,(H,13,15)(H,11,12,14). The second-order valence-corrected chi connectivity index (χ2v) is 3.18. The average Bonchev–Trinajstić information content (AvgIpc) is 2.74. The van der Waals surface area contributed by atoms with E-state index in [1.807, 2.05) is 0 Å². The SMILES string of the molecule is O=C(Nc1ccccc1Cl)c1ncn[nH]1. The highest BCUT2D eigenvalue weighted by Gasteiger charge is 2.09. The van der Waals surface area contributed by atoms with Gasteiger partial charge < -0.3 is 5.32 Å². The molecule has 0 unspecified atom stereocenters. The lowest BCUT2D eigenvalue weighted by molar-refractivity contribution is 0.101. The Kier molecular flexibility index (Phi) is 2.64. The molecule has 6 heteroatoms. The van der Waals surface area contributed by atoms with Crippen LogP contribution in [0.25, 0.3) is 0 Å². The van der Waals surface area contributed by atoms with Crippen LogP contribution in [0.2, 0.25) is 5.02 Å². The van der Waals surface area contributed by atoms with Gasteiger partial charge in [0.15, 0.2) is 0 Å². The Morgan fingerprint density at radius 2 is 2.20 bits per heavy atom. The van der Waals surface area contributed by atoms with E-state index in [1.165, 1.54) is 6.33 Å². The number of anilines is 1. The second kappa shape index (κ2) is 4.10. The quantitative estimate of drug-likeness (QED) is 0.813. The molecule has 2 rings (SSSR count). The molecule has 1 aromatic heterocycles. The van der Waals surface area contributed by atoms with Crippen molar-refractivity contribution < 1.29 is 4.79 Å². The molecule has 2 aromatic rings. The number of nitrogens with zero attached hydrogens (tertiary/aromatic N) is 2. The lowest BCUT2D eigenvalue weighted by Crippen LogP contribution is -2.13. The van der Waals surface area contributed by atoms with Crippen LogP contribution < -0.4 is 5.32 Å². The second-order valence-electron chi connectivity index (χ2n) is 2.77. The van der Waals surface area contributed by atoms with Crippen molar-refractivity contribution in [1.82, 2.24) is 15.2 Å². The third-order valence-electron chi connectivity index (χ3n) is 1.75. The highest BCUT2D eigenvalue weighted by molar-refractivity contribution is 6.33. The van der Waals surface area contributed by atoms with Crippen molar-refractivity contribution in [1.29, 1.82) is 0 Å². The Labute approximate surface area is 90.5 Å². The van der Waals surface area contributed by atoms with Gasteiger partial charge in [-0.1, -0.05) is 23.7 Å². The Balaban J connectivity index is 2.17. The fourth-order valence-corrected chi connectivity index (χ4v) is 1.24. The molecule has 1 amide bonds. The zero-order chi connectivity index (χ0) is 10.7. The van der Waals surface area contributed by atoms with Crippen LogP contribution in [0.5, 0.6) is 0 Å². The van der Waals surface area contributed by atoms with Crippen LogP contribution in [0.4, 0.5) is 5.69 Å². The Morgan fingerprint density at radius 1 is 1.40 bits per heavy atom. The third-order valence-corrected chi connectivity index (χ3v) is 2.08. The zero-order valence-electron chi connectivity index (χ0n) is 7.57. The highest BCUT2D eigenvalue weighted by atomic mass is 35.5. The van der Waals surface area contributed by atoms with Crippen LogP contribution in [0.3, 0.4) is 0 Å². The van der Waals surface area contributed by atoms with Gasteiger partial charge in [0.2, 0.25) is 5.82 Å². The normalized spacial score (nSPS) is 9.93. The van der Waals surface area contributed by atoms with Crippen molar-refractivity contribution in [3.05, 3.63) is 41.4 Å². The first-order valence-electron chi connectivity index (χ1n) is 4.18. The lowest BCUT2D eigenvalue weighted by Gasteiger charge is -2.03. The number of rotatable bonds is 2. The summed E-state index contributed by atoms with van der Waals surface area (Å²) in [4.78, 5) is 15.2. The van der Waals surface area contributed by atoms with Gasteiger partial charge in [-0.2, -0.15) is 5.10 Å². The van der Waals surface area contributed by atoms with E-state index in [0.717, 1.165) is 0 Å². The smallest absolute Gasteiger partial charge is 0.293 e. The fourth-order valence-electron chi connectivity index (χ4n) is 1.06. The molecular formula is C9H7ClN4O. The number of nitrogens with one attached hydrogen (secondary N) is 2. The molecule has 0 saturated carbocycles. The molecule has 1 heterocycles. The van der Waals surface area contributed by atoms with Crippen molar-refractivity contribution in [2.24, 2.45) is 0 Å². The van der Waals surface area contributed by atoms with Gasteiger partial charge >= 0.3 is 0 Å². The van der Waals surface area contributed by atoms with E-state index in [1.54, 1.807) is 24.3 Å². The number of carbonyl (C=O) groups is 1. The summed E-state index contributed by atoms with van der Waals surface area (Å²) in [6.45, 7) is 0. The molecule has 5 nitrogen and oxygen atoms in total. The van der Waals surface area contributed by atoms with Crippen molar-refractivity contribution in [3.63, 3.8) is 0 Å². The van der Waals surface area contributed by atoms with Crippen molar-refractivity contribution in [3.8, 4) is 0 Å². The molecule has 0 spiro atoms. The maximum atomic E-state index is 11.5. The first kappa shape index (κ1) is 9.67. The van der Waals surface area contributed by atoms with E-state index in [9.17, 15) is 4.79 Å². The van der Waals surface area contributed by atoms with E-state index in [-0.39, 0.29) is 11.7 Å². The van der Waals surface area contributed by atoms with Gasteiger partial charge in [-0.15, -0.1) is 0 Å². The molecule has 0 fully saturated rings. The van der Waals surface area contributed by atoms with Gasteiger partial charge in [-0.25, -0.2) is 4.98 Å². The first-order valence-corrected chi connectivity index (χ1v) is 4.56. The molecule has 0 saturated heterocycles. The predicted molar refractivity (Wildman–Crippen MR) is 55.8 cm³/mol. The maximum absolute atomic E-state index is 11.5. The summed E-state index contributed by atoms with van der Waals surface area (Å²) >= 11 is 5.87. The molecular weight excluding hydrogens is 216 g/mol. The van der Waals surface area contributed by atoms with Gasteiger partial charge in [-0.3, -0.25) is 9.89 Å². The molecule has 0 aliphatic heterocycles. The highest BCUT2D eigenvalue weighted by Crippen LogP contribution is 2.20. The van der Waals surface area contributed by atoms with Crippen molar-refractivity contribution in [2.45, 2.75) is 0 Å². The summed E-state index contributed by atoms with van der Waals surface area (Å²) < 4.78 is 0. The number of benzene rings is 1. The maximum Gasteiger partial charge on any atom is 0.293 e. The van der Waals surface area contributed by atoms with E-state index < -0.39 is 0 Å². The van der Waals surface area contributed by atoms with Crippen LogP contribution in [0.1, 0.15) is 10.6 Å². The summed E-state index contributed by atoms with van der Waals surface area (Å²) in [5.74, 6) is -0.226. The predicted octanol–water partition coefficient (Wildman–Crippen LogP) is 1.71. The molecule has 0 atom stereocenters. The number of H-pyrrole nitrogens is 1. The Bertz CT molecular complexity index is 469. The molecule has 15 heavy (non-hydrogen) atoms. The molecule has 76 valence electrons. The molecule has 0 aliphatic rings. The van der Waals surface area contributed by atoms with Gasteiger partial charge in [-0.05, 0) is 12.1 Å². The van der Waals surface area contributed by atoms with Crippen LogP contribution in [-0.2, 0) is 0 Å². The minimum absolute atomic E-state index is 0.148. The number of carbonyl (C=O) groups excluding carboxylic acids is 1. The third kappa shape index (κ3) is 2.13. The summed E-state index contributed by atoms with van der Waals surface area (Å²) in [6, 6.07) is 6.96. The minimum atomic E-state index is -0.374. The molecule has 0 bridgehead atoms. The van der Waals surface area contributed by atoms with Gasteiger partial charge in [0.05, 0.1) is 10.7 Å². The summed E-state index contributed by atoms with van der Waals surface area (Å²) in [5, 5.41) is 9.12.